The number of pyridine rings is 1. The van der Waals surface area contributed by atoms with Gasteiger partial charge in [0, 0.05) is 5.88 Å². The Morgan fingerprint density at radius 3 is 2.81 bits per heavy atom. The molecule has 0 aliphatic heterocycles. The van der Waals surface area contributed by atoms with Crippen LogP contribution in [-0.4, -0.2) is 33.5 Å². The van der Waals surface area contributed by atoms with E-state index in [0.717, 1.165) is 12.3 Å². The van der Waals surface area contributed by atoms with E-state index < -0.39 is 18.0 Å². The highest BCUT2D eigenvalue weighted by Gasteiger charge is 2.20. The van der Waals surface area contributed by atoms with E-state index in [-0.39, 0.29) is 23.6 Å². The van der Waals surface area contributed by atoms with Crippen LogP contribution in [0, 0.1) is 5.82 Å². The van der Waals surface area contributed by atoms with E-state index in [0.29, 0.717) is 6.29 Å². The largest absolute Gasteiger partial charge is 0.390 e. The van der Waals surface area contributed by atoms with Crippen LogP contribution in [0.4, 0.5) is 4.39 Å². The fourth-order valence-corrected chi connectivity index (χ4v) is 1.41. The van der Waals surface area contributed by atoms with Crippen LogP contribution in [0.25, 0.3) is 0 Å². The molecular formula is C10H11ClFNO3. The Bertz CT molecular complexity index is 375. The van der Waals surface area contributed by atoms with Gasteiger partial charge in [-0.3, -0.25) is 9.78 Å². The van der Waals surface area contributed by atoms with E-state index in [9.17, 15) is 19.4 Å². The van der Waals surface area contributed by atoms with Crippen LogP contribution in [0.3, 0.4) is 0 Å². The first-order valence-electron chi connectivity index (χ1n) is 4.63. The maximum atomic E-state index is 12.9. The number of aliphatic hydroxyl groups excluding tert-OH is 2. The predicted molar refractivity (Wildman–Crippen MR) is 55.9 cm³/mol. The van der Waals surface area contributed by atoms with Crippen molar-refractivity contribution in [1.82, 2.24) is 4.98 Å². The Kier molecular flexibility index (Phi) is 4.79. The highest BCUT2D eigenvalue weighted by molar-refractivity contribution is 6.17. The fraction of sp³-hybridized carbons (Fsp3) is 0.400. The molecule has 0 aromatic carbocycles. The summed E-state index contributed by atoms with van der Waals surface area (Å²) in [5.41, 5.74) is -0.164. The van der Waals surface area contributed by atoms with E-state index in [1.807, 2.05) is 0 Å². The van der Waals surface area contributed by atoms with Crippen molar-refractivity contribution in [2.45, 2.75) is 18.6 Å². The van der Waals surface area contributed by atoms with Crippen molar-refractivity contribution in [1.29, 1.82) is 0 Å². The fourth-order valence-electron chi connectivity index (χ4n) is 1.19. The average Bonchev–Trinajstić information content (AvgIpc) is 2.29. The van der Waals surface area contributed by atoms with Crippen molar-refractivity contribution in [3.8, 4) is 0 Å². The van der Waals surface area contributed by atoms with Gasteiger partial charge in [0.05, 0.1) is 23.6 Å². The van der Waals surface area contributed by atoms with Crippen LogP contribution in [0.2, 0.25) is 0 Å². The van der Waals surface area contributed by atoms with E-state index >= 15 is 0 Å². The molecular weight excluding hydrogens is 237 g/mol. The second-order valence-electron chi connectivity index (χ2n) is 3.24. The molecule has 4 nitrogen and oxygen atoms in total. The van der Waals surface area contributed by atoms with Gasteiger partial charge in [0.1, 0.15) is 6.10 Å². The molecule has 2 atom stereocenters. The first-order valence-corrected chi connectivity index (χ1v) is 5.16. The van der Waals surface area contributed by atoms with Crippen LogP contribution in [0.1, 0.15) is 28.6 Å². The number of carbonyl (C=O) groups is 1. The molecule has 1 aromatic heterocycles. The van der Waals surface area contributed by atoms with E-state index in [1.165, 1.54) is 0 Å². The van der Waals surface area contributed by atoms with Crippen LogP contribution in [0.15, 0.2) is 12.3 Å². The van der Waals surface area contributed by atoms with Gasteiger partial charge in [0.25, 0.3) is 0 Å². The Labute approximate surface area is 96.7 Å². The van der Waals surface area contributed by atoms with Gasteiger partial charge >= 0.3 is 0 Å². The van der Waals surface area contributed by atoms with Gasteiger partial charge in [-0.15, -0.1) is 11.6 Å². The number of aldehydes is 1. The molecule has 2 unspecified atom stereocenters. The molecule has 0 radical (unpaired) electrons. The van der Waals surface area contributed by atoms with Gasteiger partial charge in [-0.25, -0.2) is 4.39 Å². The van der Waals surface area contributed by atoms with Gasteiger partial charge in [-0.2, -0.15) is 0 Å². The Hall–Kier alpha value is -1.04. The third-order valence-electron chi connectivity index (χ3n) is 2.11. The zero-order valence-corrected chi connectivity index (χ0v) is 9.06. The lowest BCUT2D eigenvalue weighted by atomic mass is 10.1. The first-order chi connectivity index (χ1) is 7.60. The van der Waals surface area contributed by atoms with E-state index in [2.05, 4.69) is 4.98 Å². The Morgan fingerprint density at radius 2 is 2.25 bits per heavy atom. The summed E-state index contributed by atoms with van der Waals surface area (Å²) in [6, 6.07) is 1.10. The maximum Gasteiger partial charge on any atom is 0.153 e. The van der Waals surface area contributed by atoms with Crippen molar-refractivity contribution in [3.63, 3.8) is 0 Å². The number of alkyl halides is 1. The molecule has 0 saturated carbocycles. The Balaban J connectivity index is 2.91. The highest BCUT2D eigenvalue weighted by Crippen LogP contribution is 2.18. The number of halogens is 2. The van der Waals surface area contributed by atoms with Crippen molar-refractivity contribution in [2.24, 2.45) is 0 Å². The number of hydrogen-bond donors (Lipinski definition) is 2. The summed E-state index contributed by atoms with van der Waals surface area (Å²) in [5.74, 6) is -0.585. The summed E-state index contributed by atoms with van der Waals surface area (Å²) in [6.07, 6.45) is -1.04. The number of aliphatic hydroxyl groups is 2. The third-order valence-corrected chi connectivity index (χ3v) is 2.32. The van der Waals surface area contributed by atoms with E-state index in [4.69, 9.17) is 11.6 Å². The van der Waals surface area contributed by atoms with Crippen molar-refractivity contribution in [3.05, 3.63) is 29.3 Å². The minimum atomic E-state index is -1.28. The van der Waals surface area contributed by atoms with Gasteiger partial charge in [-0.1, -0.05) is 0 Å². The SMILES string of the molecule is O=Cc1cc(C(O)C(O)CCCl)ncc1F. The summed E-state index contributed by atoms with van der Waals surface area (Å²) in [5, 5.41) is 19.1. The summed E-state index contributed by atoms with van der Waals surface area (Å²) in [4.78, 5) is 14.1. The highest BCUT2D eigenvalue weighted by atomic mass is 35.5. The lowest BCUT2D eigenvalue weighted by molar-refractivity contribution is 0.0143. The smallest absolute Gasteiger partial charge is 0.153 e. The molecule has 88 valence electrons. The molecule has 1 aromatic rings. The van der Waals surface area contributed by atoms with Gasteiger partial charge in [0.15, 0.2) is 12.1 Å². The number of carbonyl (C=O) groups excluding carboxylic acids is 1. The van der Waals surface area contributed by atoms with Gasteiger partial charge < -0.3 is 10.2 Å². The number of aromatic nitrogens is 1. The molecule has 6 heteroatoms. The molecule has 1 heterocycles. The van der Waals surface area contributed by atoms with Crippen molar-refractivity contribution >= 4 is 17.9 Å². The normalized spacial score (nSPS) is 14.5. The van der Waals surface area contributed by atoms with Gasteiger partial charge in [0.2, 0.25) is 0 Å². The molecule has 0 aliphatic rings. The average molecular weight is 248 g/mol. The minimum Gasteiger partial charge on any atom is -0.390 e. The summed E-state index contributed by atoms with van der Waals surface area (Å²) in [6.45, 7) is 0. The molecule has 1 rings (SSSR count). The quantitative estimate of drug-likeness (QED) is 0.603. The zero-order chi connectivity index (χ0) is 12.1. The van der Waals surface area contributed by atoms with Crippen LogP contribution in [0.5, 0.6) is 0 Å². The number of hydrogen-bond acceptors (Lipinski definition) is 4. The molecule has 2 N–H and O–H groups in total. The predicted octanol–water partition coefficient (Wildman–Crippen LogP) is 1.06. The van der Waals surface area contributed by atoms with Crippen molar-refractivity contribution < 1.29 is 19.4 Å². The molecule has 0 spiro atoms. The number of nitrogens with zero attached hydrogens (tertiary/aromatic N) is 1. The van der Waals surface area contributed by atoms with Crippen molar-refractivity contribution in [2.75, 3.05) is 5.88 Å². The minimum absolute atomic E-state index is 0.0427. The topological polar surface area (TPSA) is 70.4 Å². The molecule has 0 saturated heterocycles. The van der Waals surface area contributed by atoms with Crippen LogP contribution in [-0.2, 0) is 0 Å². The molecule has 0 aliphatic carbocycles. The van der Waals surface area contributed by atoms with Gasteiger partial charge in [-0.05, 0) is 12.5 Å². The second kappa shape index (κ2) is 5.89. The standard InChI is InChI=1S/C10H11ClFNO3/c11-2-1-9(15)10(16)8-3-6(5-14)7(12)4-13-8/h3-5,9-10,15-16H,1-2H2. The lowest BCUT2D eigenvalue weighted by Crippen LogP contribution is -2.20. The Morgan fingerprint density at radius 1 is 1.56 bits per heavy atom. The first kappa shape index (κ1) is 13.0. The van der Waals surface area contributed by atoms with Crippen LogP contribution < -0.4 is 0 Å². The summed E-state index contributed by atoms with van der Waals surface area (Å²) < 4.78 is 12.9. The number of rotatable bonds is 5. The molecule has 16 heavy (non-hydrogen) atoms. The summed E-state index contributed by atoms with van der Waals surface area (Å²) >= 11 is 5.40. The summed E-state index contributed by atoms with van der Waals surface area (Å²) in [7, 11) is 0. The second-order valence-corrected chi connectivity index (χ2v) is 3.62. The van der Waals surface area contributed by atoms with E-state index in [1.54, 1.807) is 0 Å². The lowest BCUT2D eigenvalue weighted by Gasteiger charge is -2.16. The maximum absolute atomic E-state index is 12.9. The van der Waals surface area contributed by atoms with Crippen LogP contribution >= 0.6 is 11.6 Å². The third kappa shape index (κ3) is 2.98. The molecule has 0 bridgehead atoms. The zero-order valence-electron chi connectivity index (χ0n) is 8.31. The monoisotopic (exact) mass is 247 g/mol. The molecule has 0 amide bonds. The molecule has 0 fully saturated rings.